The summed E-state index contributed by atoms with van der Waals surface area (Å²) in [6, 6.07) is 15.2. The average molecular weight is 352 g/mol. The van der Waals surface area contributed by atoms with E-state index in [1.54, 1.807) is 18.3 Å². The maximum Gasteiger partial charge on any atom is 0.271 e. The van der Waals surface area contributed by atoms with Gasteiger partial charge in [-0.15, -0.1) is 0 Å². The Kier molecular flexibility index (Phi) is 7.39. The van der Waals surface area contributed by atoms with Gasteiger partial charge in [0.25, 0.3) is 5.91 Å². The molecule has 0 bridgehead atoms. The fourth-order valence-corrected chi connectivity index (χ4v) is 2.31. The number of rotatable bonds is 8. The van der Waals surface area contributed by atoms with E-state index in [0.29, 0.717) is 24.0 Å². The number of nitrogens with zero attached hydrogens (tertiary/aromatic N) is 1. The summed E-state index contributed by atoms with van der Waals surface area (Å²) in [7, 11) is 0. The number of hydrazone groups is 1. The number of hydrogen-bond donors (Lipinski definition) is 1. The molecule has 2 aromatic rings. The fraction of sp³-hybridized carbons (Fsp3) is 0.364. The molecule has 0 atom stereocenters. The van der Waals surface area contributed by atoms with Crippen LogP contribution in [0.15, 0.2) is 53.6 Å². The SMILES string of the molecule is CC(C)CCOc1ccc(C(=O)N/N=C/c2ccc(C(C)C)cc2)cc1. The van der Waals surface area contributed by atoms with E-state index in [-0.39, 0.29) is 5.91 Å². The summed E-state index contributed by atoms with van der Waals surface area (Å²) in [4.78, 5) is 12.1. The molecule has 0 aromatic heterocycles. The molecular formula is C22H28N2O2. The predicted molar refractivity (Wildman–Crippen MR) is 107 cm³/mol. The van der Waals surface area contributed by atoms with Gasteiger partial charge in [-0.3, -0.25) is 4.79 Å². The van der Waals surface area contributed by atoms with Crippen molar-refractivity contribution in [2.75, 3.05) is 6.61 Å². The molecule has 0 radical (unpaired) electrons. The first-order chi connectivity index (χ1) is 12.5. The zero-order valence-corrected chi connectivity index (χ0v) is 16.0. The van der Waals surface area contributed by atoms with Crippen molar-refractivity contribution in [1.82, 2.24) is 5.43 Å². The lowest BCUT2D eigenvalue weighted by atomic mass is 10.0. The van der Waals surface area contributed by atoms with Crippen molar-refractivity contribution in [2.24, 2.45) is 11.0 Å². The van der Waals surface area contributed by atoms with Gasteiger partial charge in [0.2, 0.25) is 0 Å². The molecule has 2 rings (SSSR count). The van der Waals surface area contributed by atoms with Gasteiger partial charge in [0.05, 0.1) is 12.8 Å². The standard InChI is InChI=1S/C22H28N2O2/c1-16(2)13-14-26-21-11-9-20(10-12-21)22(25)24-23-15-18-5-7-19(8-6-18)17(3)4/h5-12,15-17H,13-14H2,1-4H3,(H,24,25)/b23-15+. The van der Waals surface area contributed by atoms with Gasteiger partial charge in [0.15, 0.2) is 0 Å². The van der Waals surface area contributed by atoms with Crippen molar-refractivity contribution >= 4 is 12.1 Å². The molecule has 4 heteroatoms. The Balaban J connectivity index is 1.85. The van der Waals surface area contributed by atoms with Crippen LogP contribution in [0.5, 0.6) is 5.75 Å². The molecular weight excluding hydrogens is 324 g/mol. The van der Waals surface area contributed by atoms with Gasteiger partial charge >= 0.3 is 0 Å². The highest BCUT2D eigenvalue weighted by Crippen LogP contribution is 2.14. The minimum absolute atomic E-state index is 0.242. The molecule has 4 nitrogen and oxygen atoms in total. The van der Waals surface area contributed by atoms with Gasteiger partial charge in [-0.25, -0.2) is 5.43 Å². The maximum atomic E-state index is 12.1. The van der Waals surface area contributed by atoms with Gasteiger partial charge in [-0.2, -0.15) is 5.10 Å². The number of amides is 1. The van der Waals surface area contributed by atoms with Gasteiger partial charge < -0.3 is 4.74 Å². The number of hydrogen-bond acceptors (Lipinski definition) is 3. The van der Waals surface area contributed by atoms with Gasteiger partial charge in [0, 0.05) is 5.56 Å². The number of ether oxygens (including phenoxy) is 1. The molecule has 0 aliphatic carbocycles. The summed E-state index contributed by atoms with van der Waals surface area (Å²) in [6.07, 6.45) is 2.65. The van der Waals surface area contributed by atoms with Crippen LogP contribution in [0.25, 0.3) is 0 Å². The normalized spacial score (nSPS) is 11.3. The van der Waals surface area contributed by atoms with E-state index >= 15 is 0 Å². The van der Waals surface area contributed by atoms with Crippen LogP contribution in [-0.2, 0) is 0 Å². The van der Waals surface area contributed by atoms with Crippen molar-refractivity contribution < 1.29 is 9.53 Å². The lowest BCUT2D eigenvalue weighted by Gasteiger charge is -2.08. The van der Waals surface area contributed by atoms with Crippen molar-refractivity contribution in [2.45, 2.75) is 40.0 Å². The topological polar surface area (TPSA) is 50.7 Å². The van der Waals surface area contributed by atoms with Crippen LogP contribution < -0.4 is 10.2 Å². The van der Waals surface area contributed by atoms with Crippen LogP contribution in [0.1, 0.15) is 61.5 Å². The molecule has 2 aromatic carbocycles. The molecule has 0 saturated carbocycles. The summed E-state index contributed by atoms with van der Waals surface area (Å²) in [5.41, 5.74) is 5.33. The molecule has 1 amide bonds. The second-order valence-corrected chi connectivity index (χ2v) is 7.08. The van der Waals surface area contributed by atoms with Crippen LogP contribution in [0.4, 0.5) is 0 Å². The van der Waals surface area contributed by atoms with E-state index in [1.165, 1.54) is 5.56 Å². The minimum Gasteiger partial charge on any atom is -0.494 e. The first-order valence-corrected chi connectivity index (χ1v) is 9.12. The lowest BCUT2D eigenvalue weighted by molar-refractivity contribution is 0.0955. The molecule has 26 heavy (non-hydrogen) atoms. The van der Waals surface area contributed by atoms with Crippen LogP contribution in [0, 0.1) is 5.92 Å². The first-order valence-electron chi connectivity index (χ1n) is 9.12. The average Bonchev–Trinajstić information content (AvgIpc) is 2.62. The Labute approximate surface area is 156 Å². The number of benzene rings is 2. The molecule has 0 unspecified atom stereocenters. The summed E-state index contributed by atoms with van der Waals surface area (Å²) >= 11 is 0. The largest absolute Gasteiger partial charge is 0.494 e. The maximum absolute atomic E-state index is 12.1. The third kappa shape index (κ3) is 6.36. The van der Waals surface area contributed by atoms with Crippen LogP contribution in [-0.4, -0.2) is 18.7 Å². The van der Waals surface area contributed by atoms with Crippen LogP contribution in [0.2, 0.25) is 0 Å². The zero-order chi connectivity index (χ0) is 18.9. The lowest BCUT2D eigenvalue weighted by Crippen LogP contribution is -2.17. The first kappa shape index (κ1) is 19.7. The van der Waals surface area contributed by atoms with Gasteiger partial charge in [-0.1, -0.05) is 52.0 Å². The minimum atomic E-state index is -0.242. The molecule has 1 N–H and O–H groups in total. The molecule has 138 valence electrons. The van der Waals surface area contributed by atoms with Gasteiger partial charge in [-0.05, 0) is 53.6 Å². The summed E-state index contributed by atoms with van der Waals surface area (Å²) < 4.78 is 5.66. The third-order valence-electron chi connectivity index (χ3n) is 4.06. The second kappa shape index (κ2) is 9.76. The van der Waals surface area contributed by atoms with Crippen molar-refractivity contribution in [1.29, 1.82) is 0 Å². The summed E-state index contributed by atoms with van der Waals surface area (Å²) in [6.45, 7) is 9.32. The Morgan fingerprint density at radius 3 is 2.27 bits per heavy atom. The molecule has 0 fully saturated rings. The highest BCUT2D eigenvalue weighted by atomic mass is 16.5. The van der Waals surface area contributed by atoms with E-state index in [4.69, 9.17) is 4.74 Å². The quantitative estimate of drug-likeness (QED) is 0.537. The number of carbonyl (C=O) groups is 1. The Morgan fingerprint density at radius 1 is 1.04 bits per heavy atom. The monoisotopic (exact) mass is 352 g/mol. The summed E-state index contributed by atoms with van der Waals surface area (Å²) in [5.74, 6) is 1.64. The highest BCUT2D eigenvalue weighted by Gasteiger charge is 2.05. The summed E-state index contributed by atoms with van der Waals surface area (Å²) in [5, 5.41) is 4.03. The van der Waals surface area contributed by atoms with E-state index in [0.717, 1.165) is 17.7 Å². The van der Waals surface area contributed by atoms with Crippen LogP contribution in [0.3, 0.4) is 0 Å². The molecule has 0 aliphatic heterocycles. The Hall–Kier alpha value is -2.62. The molecule has 0 saturated heterocycles. The second-order valence-electron chi connectivity index (χ2n) is 7.08. The Bertz CT molecular complexity index is 717. The van der Waals surface area contributed by atoms with E-state index in [2.05, 4.69) is 50.4 Å². The molecule has 0 aliphatic rings. The fourth-order valence-electron chi connectivity index (χ4n) is 2.31. The van der Waals surface area contributed by atoms with E-state index < -0.39 is 0 Å². The third-order valence-corrected chi connectivity index (χ3v) is 4.06. The number of carbonyl (C=O) groups excluding carboxylic acids is 1. The van der Waals surface area contributed by atoms with Crippen molar-refractivity contribution in [3.63, 3.8) is 0 Å². The highest BCUT2D eigenvalue weighted by molar-refractivity contribution is 5.95. The number of nitrogens with one attached hydrogen (secondary N) is 1. The molecule has 0 spiro atoms. The van der Waals surface area contributed by atoms with E-state index in [1.807, 2.05) is 24.3 Å². The van der Waals surface area contributed by atoms with Crippen LogP contribution >= 0.6 is 0 Å². The van der Waals surface area contributed by atoms with Crippen molar-refractivity contribution in [3.8, 4) is 5.75 Å². The van der Waals surface area contributed by atoms with E-state index in [9.17, 15) is 4.79 Å². The zero-order valence-electron chi connectivity index (χ0n) is 16.0. The molecule has 0 heterocycles. The van der Waals surface area contributed by atoms with Crippen molar-refractivity contribution in [3.05, 3.63) is 65.2 Å². The van der Waals surface area contributed by atoms with Gasteiger partial charge in [0.1, 0.15) is 5.75 Å². The smallest absolute Gasteiger partial charge is 0.271 e. The Morgan fingerprint density at radius 2 is 1.69 bits per heavy atom. The predicted octanol–water partition coefficient (Wildman–Crippen LogP) is 5.00.